The number of hydrogen-bond donors (Lipinski definition) is 1. The second-order valence-electron chi connectivity index (χ2n) is 2.38. The molecule has 0 aromatic carbocycles. The predicted molar refractivity (Wildman–Crippen MR) is 46.5 cm³/mol. The van der Waals surface area contributed by atoms with Crippen LogP contribution in [0.5, 0.6) is 0 Å². The fourth-order valence-corrected chi connectivity index (χ4v) is 1.95. The van der Waals surface area contributed by atoms with Gasteiger partial charge in [0.05, 0.1) is 5.92 Å². The summed E-state index contributed by atoms with van der Waals surface area (Å²) in [6.07, 6.45) is 0.788. The Morgan fingerprint density at radius 3 is 2.91 bits per heavy atom. The molecule has 0 bridgehead atoms. The van der Waals surface area contributed by atoms with Gasteiger partial charge in [0, 0.05) is 4.88 Å². The number of carbonyl (C=O) groups is 1. The van der Waals surface area contributed by atoms with Gasteiger partial charge in [0.2, 0.25) is 5.91 Å². The van der Waals surface area contributed by atoms with Gasteiger partial charge >= 0.3 is 0 Å². The van der Waals surface area contributed by atoms with E-state index in [1.54, 1.807) is 11.3 Å². The van der Waals surface area contributed by atoms with Gasteiger partial charge in [-0.15, -0.1) is 11.3 Å². The topological polar surface area (TPSA) is 43.1 Å². The molecule has 2 N–H and O–H groups in total. The Hall–Kier alpha value is -0.830. The van der Waals surface area contributed by atoms with E-state index in [-0.39, 0.29) is 11.8 Å². The summed E-state index contributed by atoms with van der Waals surface area (Å²) in [5.41, 5.74) is 5.21. The van der Waals surface area contributed by atoms with E-state index in [0.29, 0.717) is 0 Å². The summed E-state index contributed by atoms with van der Waals surface area (Å²) in [5, 5.41) is 1.96. The molecule has 0 radical (unpaired) electrons. The molecular weight excluding hydrogens is 158 g/mol. The normalized spacial score (nSPS) is 12.8. The molecular formula is C8H11NOS. The Bertz CT molecular complexity index is 230. The first kappa shape index (κ1) is 8.27. The third kappa shape index (κ3) is 1.80. The molecule has 1 unspecified atom stereocenters. The van der Waals surface area contributed by atoms with Crippen molar-refractivity contribution in [3.63, 3.8) is 0 Å². The van der Waals surface area contributed by atoms with Gasteiger partial charge in [0.1, 0.15) is 0 Å². The largest absolute Gasteiger partial charge is 0.369 e. The maximum atomic E-state index is 10.9. The van der Waals surface area contributed by atoms with E-state index in [1.807, 2.05) is 24.4 Å². The maximum absolute atomic E-state index is 10.9. The van der Waals surface area contributed by atoms with Crippen LogP contribution in [0.25, 0.3) is 0 Å². The fraction of sp³-hybridized carbons (Fsp3) is 0.375. The van der Waals surface area contributed by atoms with Gasteiger partial charge in [-0.2, -0.15) is 0 Å². The first-order valence-corrected chi connectivity index (χ1v) is 4.46. The standard InChI is InChI=1S/C8H11NOS/c1-2-6(8(9)10)7-4-3-5-11-7/h3-6H,2H2,1H3,(H2,9,10). The van der Waals surface area contributed by atoms with E-state index < -0.39 is 0 Å². The Morgan fingerprint density at radius 2 is 2.55 bits per heavy atom. The predicted octanol–water partition coefficient (Wildman–Crippen LogP) is 1.73. The molecule has 0 saturated heterocycles. The number of amides is 1. The van der Waals surface area contributed by atoms with Crippen molar-refractivity contribution < 1.29 is 4.79 Å². The van der Waals surface area contributed by atoms with Crippen LogP contribution in [0.2, 0.25) is 0 Å². The lowest BCUT2D eigenvalue weighted by molar-refractivity contribution is -0.119. The highest BCUT2D eigenvalue weighted by molar-refractivity contribution is 7.10. The zero-order valence-electron chi connectivity index (χ0n) is 6.41. The van der Waals surface area contributed by atoms with Crippen LogP contribution in [0, 0.1) is 0 Å². The van der Waals surface area contributed by atoms with E-state index in [4.69, 9.17) is 5.73 Å². The summed E-state index contributed by atoms with van der Waals surface area (Å²) < 4.78 is 0. The SMILES string of the molecule is CCC(C(N)=O)c1cccs1. The number of primary amides is 1. The van der Waals surface area contributed by atoms with E-state index in [2.05, 4.69) is 0 Å². The molecule has 1 aromatic heterocycles. The molecule has 0 aliphatic carbocycles. The molecule has 0 saturated carbocycles. The van der Waals surface area contributed by atoms with Crippen molar-refractivity contribution in [1.29, 1.82) is 0 Å². The molecule has 1 aromatic rings. The van der Waals surface area contributed by atoms with Crippen molar-refractivity contribution in [3.05, 3.63) is 22.4 Å². The Balaban J connectivity index is 2.79. The van der Waals surface area contributed by atoms with Crippen LogP contribution in [-0.4, -0.2) is 5.91 Å². The molecule has 1 amide bonds. The minimum atomic E-state index is -0.227. The van der Waals surface area contributed by atoms with Crippen LogP contribution in [0.3, 0.4) is 0 Å². The highest BCUT2D eigenvalue weighted by Crippen LogP contribution is 2.23. The van der Waals surface area contributed by atoms with Crippen molar-refractivity contribution in [2.24, 2.45) is 5.73 Å². The van der Waals surface area contributed by atoms with Crippen molar-refractivity contribution in [3.8, 4) is 0 Å². The van der Waals surface area contributed by atoms with Crippen LogP contribution >= 0.6 is 11.3 Å². The summed E-state index contributed by atoms with van der Waals surface area (Å²) in [4.78, 5) is 11.9. The minimum absolute atomic E-state index is 0.0880. The summed E-state index contributed by atoms with van der Waals surface area (Å²) in [5.74, 6) is -0.315. The summed E-state index contributed by atoms with van der Waals surface area (Å²) in [6, 6.07) is 3.88. The lowest BCUT2D eigenvalue weighted by Crippen LogP contribution is -2.19. The first-order chi connectivity index (χ1) is 5.25. The third-order valence-corrected chi connectivity index (χ3v) is 2.62. The average Bonchev–Trinajstić information content (AvgIpc) is 2.40. The van der Waals surface area contributed by atoms with Crippen LogP contribution in [0.15, 0.2) is 17.5 Å². The monoisotopic (exact) mass is 169 g/mol. The molecule has 1 atom stereocenters. The highest BCUT2D eigenvalue weighted by Gasteiger charge is 2.15. The zero-order chi connectivity index (χ0) is 8.27. The molecule has 1 rings (SSSR count). The molecule has 1 heterocycles. The van der Waals surface area contributed by atoms with Crippen LogP contribution < -0.4 is 5.73 Å². The number of rotatable bonds is 3. The molecule has 0 spiro atoms. The van der Waals surface area contributed by atoms with Crippen molar-refractivity contribution in [1.82, 2.24) is 0 Å². The van der Waals surface area contributed by atoms with Crippen LogP contribution in [0.4, 0.5) is 0 Å². The van der Waals surface area contributed by atoms with E-state index in [1.165, 1.54) is 0 Å². The zero-order valence-corrected chi connectivity index (χ0v) is 7.23. The number of carbonyl (C=O) groups excluding carboxylic acids is 1. The second kappa shape index (κ2) is 3.53. The van der Waals surface area contributed by atoms with Gasteiger partial charge in [-0.25, -0.2) is 0 Å². The molecule has 3 heteroatoms. The third-order valence-electron chi connectivity index (χ3n) is 1.64. The lowest BCUT2D eigenvalue weighted by Gasteiger charge is -2.06. The van der Waals surface area contributed by atoms with E-state index in [0.717, 1.165) is 11.3 Å². The Morgan fingerprint density at radius 1 is 1.82 bits per heavy atom. The summed E-state index contributed by atoms with van der Waals surface area (Å²) >= 11 is 1.58. The second-order valence-corrected chi connectivity index (χ2v) is 3.36. The number of thiophene rings is 1. The van der Waals surface area contributed by atoms with Crippen molar-refractivity contribution in [2.75, 3.05) is 0 Å². The van der Waals surface area contributed by atoms with Crippen LogP contribution in [0.1, 0.15) is 24.1 Å². The van der Waals surface area contributed by atoms with Gasteiger partial charge in [0.25, 0.3) is 0 Å². The van der Waals surface area contributed by atoms with E-state index in [9.17, 15) is 4.79 Å². The fourth-order valence-electron chi connectivity index (χ4n) is 1.03. The molecule has 2 nitrogen and oxygen atoms in total. The summed E-state index contributed by atoms with van der Waals surface area (Å²) in [7, 11) is 0. The van der Waals surface area contributed by atoms with E-state index >= 15 is 0 Å². The Kier molecular flexibility index (Phi) is 2.65. The quantitative estimate of drug-likeness (QED) is 0.735. The van der Waals surface area contributed by atoms with Crippen molar-refractivity contribution >= 4 is 17.2 Å². The van der Waals surface area contributed by atoms with Gasteiger partial charge in [-0.3, -0.25) is 4.79 Å². The number of nitrogens with two attached hydrogens (primary N) is 1. The molecule has 60 valence electrons. The average molecular weight is 169 g/mol. The summed E-state index contributed by atoms with van der Waals surface area (Å²) in [6.45, 7) is 1.97. The number of hydrogen-bond acceptors (Lipinski definition) is 2. The van der Waals surface area contributed by atoms with Gasteiger partial charge in [-0.1, -0.05) is 13.0 Å². The maximum Gasteiger partial charge on any atom is 0.225 e. The van der Waals surface area contributed by atoms with Crippen molar-refractivity contribution in [2.45, 2.75) is 19.3 Å². The molecule has 0 aliphatic heterocycles. The van der Waals surface area contributed by atoms with Gasteiger partial charge in [0.15, 0.2) is 0 Å². The smallest absolute Gasteiger partial charge is 0.225 e. The van der Waals surface area contributed by atoms with Crippen LogP contribution in [-0.2, 0) is 4.79 Å². The molecule has 0 aliphatic rings. The van der Waals surface area contributed by atoms with Gasteiger partial charge < -0.3 is 5.73 Å². The molecule has 0 fully saturated rings. The lowest BCUT2D eigenvalue weighted by atomic mass is 10.0. The highest BCUT2D eigenvalue weighted by atomic mass is 32.1. The van der Waals surface area contributed by atoms with Gasteiger partial charge in [-0.05, 0) is 17.9 Å². The molecule has 11 heavy (non-hydrogen) atoms. The first-order valence-electron chi connectivity index (χ1n) is 3.58. The Labute approximate surface area is 70.0 Å². The minimum Gasteiger partial charge on any atom is -0.369 e.